The number of methoxy groups -OCH3 is 1. The maximum absolute atomic E-state index is 12.4. The Balaban J connectivity index is 2.33. The molecule has 0 aliphatic heterocycles. The smallest absolute Gasteiger partial charge is 0.339 e. The molecule has 1 aromatic carbocycles. The second kappa shape index (κ2) is 7.25. The van der Waals surface area contributed by atoms with Gasteiger partial charge in [-0.1, -0.05) is 12.2 Å². The van der Waals surface area contributed by atoms with E-state index in [9.17, 15) is 24.5 Å². The van der Waals surface area contributed by atoms with Crippen molar-refractivity contribution in [2.75, 3.05) is 7.11 Å². The number of nitro benzene ring substituents is 1. The van der Waals surface area contributed by atoms with Crippen LogP contribution in [0, 0.1) is 16.0 Å². The van der Waals surface area contributed by atoms with Crippen molar-refractivity contribution in [3.63, 3.8) is 0 Å². The standard InChI is InChI=1S/C17H17NO7/c1-11(19)17(10-4-3-5-14(17)16(21)24-2)25-15(20)12-6-8-13(9-7-12)18(22)23/h3,5-9,14H,4,10H2,1-2H3/t14-,17+/m1/s1. The zero-order chi connectivity index (χ0) is 18.6. The Kier molecular flexibility index (Phi) is 5.31. The minimum absolute atomic E-state index is 0.0457. The van der Waals surface area contributed by atoms with E-state index in [0.29, 0.717) is 6.42 Å². The maximum atomic E-state index is 12.4. The molecular formula is C17H17NO7. The zero-order valence-electron chi connectivity index (χ0n) is 13.8. The molecule has 2 atom stereocenters. The topological polar surface area (TPSA) is 113 Å². The molecule has 0 amide bonds. The van der Waals surface area contributed by atoms with Crippen LogP contribution in [0.2, 0.25) is 0 Å². The number of benzene rings is 1. The number of nitro groups is 1. The van der Waals surface area contributed by atoms with Crippen LogP contribution in [0.15, 0.2) is 36.4 Å². The summed E-state index contributed by atoms with van der Waals surface area (Å²) in [5.74, 6) is -3.02. The Labute approximate surface area is 143 Å². The molecule has 8 heteroatoms. The minimum atomic E-state index is -1.65. The summed E-state index contributed by atoms with van der Waals surface area (Å²) in [5.41, 5.74) is -1.78. The number of ketones is 1. The predicted octanol–water partition coefficient (Wildman–Crippen LogP) is 2.22. The number of hydrogen-bond acceptors (Lipinski definition) is 7. The number of allylic oxidation sites excluding steroid dienone is 1. The number of hydrogen-bond donors (Lipinski definition) is 0. The molecule has 1 aliphatic carbocycles. The molecule has 0 N–H and O–H groups in total. The Morgan fingerprint density at radius 3 is 2.40 bits per heavy atom. The van der Waals surface area contributed by atoms with Crippen molar-refractivity contribution in [1.82, 2.24) is 0 Å². The van der Waals surface area contributed by atoms with Gasteiger partial charge in [-0.25, -0.2) is 4.79 Å². The molecule has 0 saturated heterocycles. The summed E-state index contributed by atoms with van der Waals surface area (Å²) >= 11 is 0. The molecule has 2 rings (SSSR count). The third-order valence-electron chi connectivity index (χ3n) is 4.15. The molecule has 0 bridgehead atoms. The fraction of sp³-hybridized carbons (Fsp3) is 0.353. The lowest BCUT2D eigenvalue weighted by Crippen LogP contribution is -2.52. The highest BCUT2D eigenvalue weighted by Crippen LogP contribution is 2.36. The van der Waals surface area contributed by atoms with Gasteiger partial charge in [-0.15, -0.1) is 0 Å². The number of Topliss-reactive ketones (excluding diaryl/α,β-unsaturated/α-hetero) is 1. The van der Waals surface area contributed by atoms with Crippen molar-refractivity contribution in [2.24, 2.45) is 5.92 Å². The second-order valence-electron chi connectivity index (χ2n) is 5.61. The van der Waals surface area contributed by atoms with Crippen molar-refractivity contribution in [2.45, 2.75) is 25.4 Å². The van der Waals surface area contributed by atoms with Crippen LogP contribution < -0.4 is 0 Å². The SMILES string of the molecule is COC(=O)[C@H]1C=CCC[C@]1(OC(=O)c1ccc([N+](=O)[O-])cc1)C(C)=O. The molecule has 1 aromatic rings. The number of carbonyl (C=O) groups excluding carboxylic acids is 3. The van der Waals surface area contributed by atoms with Gasteiger partial charge in [0, 0.05) is 12.1 Å². The first-order valence-corrected chi connectivity index (χ1v) is 7.55. The Morgan fingerprint density at radius 1 is 1.24 bits per heavy atom. The van der Waals surface area contributed by atoms with Crippen molar-refractivity contribution < 1.29 is 28.8 Å². The molecular weight excluding hydrogens is 330 g/mol. The Morgan fingerprint density at radius 2 is 1.88 bits per heavy atom. The maximum Gasteiger partial charge on any atom is 0.339 e. The summed E-state index contributed by atoms with van der Waals surface area (Å²) < 4.78 is 10.2. The average molecular weight is 347 g/mol. The molecule has 8 nitrogen and oxygen atoms in total. The van der Waals surface area contributed by atoms with Crippen molar-refractivity contribution in [3.8, 4) is 0 Å². The van der Waals surface area contributed by atoms with Crippen LogP contribution in [0.25, 0.3) is 0 Å². The summed E-state index contributed by atoms with van der Waals surface area (Å²) in [6, 6.07) is 4.80. The fourth-order valence-electron chi connectivity index (χ4n) is 2.76. The fourth-order valence-corrected chi connectivity index (χ4v) is 2.76. The predicted molar refractivity (Wildman–Crippen MR) is 85.8 cm³/mol. The van der Waals surface area contributed by atoms with Gasteiger partial charge in [0.15, 0.2) is 11.4 Å². The van der Waals surface area contributed by atoms with Crippen molar-refractivity contribution in [3.05, 3.63) is 52.1 Å². The van der Waals surface area contributed by atoms with Gasteiger partial charge >= 0.3 is 11.9 Å². The van der Waals surface area contributed by atoms with E-state index in [0.717, 1.165) is 12.1 Å². The number of non-ortho nitro benzene ring substituents is 1. The third-order valence-corrected chi connectivity index (χ3v) is 4.15. The number of esters is 2. The lowest BCUT2D eigenvalue weighted by molar-refractivity contribution is -0.384. The van der Waals surface area contributed by atoms with Gasteiger partial charge in [0.2, 0.25) is 0 Å². The monoisotopic (exact) mass is 347 g/mol. The van der Waals surface area contributed by atoms with Crippen LogP contribution in [-0.4, -0.2) is 35.4 Å². The highest BCUT2D eigenvalue weighted by molar-refractivity contribution is 5.97. The summed E-state index contributed by atoms with van der Waals surface area (Å²) in [7, 11) is 1.19. The third kappa shape index (κ3) is 3.57. The van der Waals surface area contributed by atoms with Gasteiger partial charge in [-0.05, 0) is 31.9 Å². The quantitative estimate of drug-likeness (QED) is 0.347. The summed E-state index contributed by atoms with van der Waals surface area (Å²) in [4.78, 5) is 46.8. The molecule has 0 spiro atoms. The Hall–Kier alpha value is -3.03. The molecule has 0 aromatic heterocycles. The van der Waals surface area contributed by atoms with Crippen LogP contribution >= 0.6 is 0 Å². The largest absolute Gasteiger partial charge is 0.468 e. The second-order valence-corrected chi connectivity index (χ2v) is 5.61. The van der Waals surface area contributed by atoms with E-state index >= 15 is 0 Å². The van der Waals surface area contributed by atoms with Gasteiger partial charge in [0.05, 0.1) is 17.6 Å². The van der Waals surface area contributed by atoms with E-state index in [1.54, 1.807) is 6.08 Å². The molecule has 25 heavy (non-hydrogen) atoms. The minimum Gasteiger partial charge on any atom is -0.468 e. The number of ether oxygens (including phenoxy) is 2. The van der Waals surface area contributed by atoms with Crippen molar-refractivity contribution in [1.29, 1.82) is 0 Å². The molecule has 0 saturated carbocycles. The first-order chi connectivity index (χ1) is 11.8. The Bertz CT molecular complexity index is 738. The van der Waals surface area contributed by atoms with Crippen LogP contribution in [-0.2, 0) is 19.1 Å². The molecule has 0 unspecified atom stereocenters. The normalized spacial score (nSPS) is 22.1. The lowest BCUT2D eigenvalue weighted by Gasteiger charge is -2.37. The van der Waals surface area contributed by atoms with E-state index in [4.69, 9.17) is 9.47 Å². The van der Waals surface area contributed by atoms with Crippen molar-refractivity contribution >= 4 is 23.4 Å². The van der Waals surface area contributed by atoms with Crippen LogP contribution in [0.4, 0.5) is 5.69 Å². The summed E-state index contributed by atoms with van der Waals surface area (Å²) in [5, 5.41) is 10.7. The van der Waals surface area contributed by atoms with E-state index in [-0.39, 0.29) is 17.7 Å². The molecule has 0 heterocycles. The van der Waals surface area contributed by atoms with Gasteiger partial charge in [0.1, 0.15) is 5.92 Å². The lowest BCUT2D eigenvalue weighted by atomic mass is 9.76. The first kappa shape index (κ1) is 18.3. The van der Waals surface area contributed by atoms with E-state index in [1.807, 2.05) is 0 Å². The highest BCUT2D eigenvalue weighted by Gasteiger charge is 2.51. The van der Waals surface area contributed by atoms with Gasteiger partial charge in [0.25, 0.3) is 5.69 Å². The number of rotatable bonds is 5. The molecule has 1 aliphatic rings. The van der Waals surface area contributed by atoms with Gasteiger partial charge in [-0.2, -0.15) is 0 Å². The van der Waals surface area contributed by atoms with Crippen LogP contribution in [0.1, 0.15) is 30.1 Å². The van der Waals surface area contributed by atoms with E-state index in [2.05, 4.69) is 0 Å². The van der Waals surface area contributed by atoms with Crippen LogP contribution in [0.5, 0.6) is 0 Å². The van der Waals surface area contributed by atoms with E-state index < -0.39 is 34.2 Å². The van der Waals surface area contributed by atoms with E-state index in [1.165, 1.54) is 32.2 Å². The van der Waals surface area contributed by atoms with Gasteiger partial charge in [-0.3, -0.25) is 19.7 Å². The summed E-state index contributed by atoms with van der Waals surface area (Å²) in [6.07, 6.45) is 3.83. The van der Waals surface area contributed by atoms with Gasteiger partial charge < -0.3 is 9.47 Å². The number of nitrogens with zero attached hydrogens (tertiary/aromatic N) is 1. The highest BCUT2D eigenvalue weighted by atomic mass is 16.6. The first-order valence-electron chi connectivity index (χ1n) is 7.55. The molecule has 0 radical (unpaired) electrons. The number of carbonyl (C=O) groups is 3. The summed E-state index contributed by atoms with van der Waals surface area (Å²) in [6.45, 7) is 1.25. The average Bonchev–Trinajstić information content (AvgIpc) is 2.61. The molecule has 132 valence electrons. The zero-order valence-corrected chi connectivity index (χ0v) is 13.8. The van der Waals surface area contributed by atoms with Crippen LogP contribution in [0.3, 0.4) is 0 Å². The molecule has 0 fully saturated rings.